The summed E-state index contributed by atoms with van der Waals surface area (Å²) in [6.07, 6.45) is 10.8. The Morgan fingerprint density at radius 3 is 2.67 bits per heavy atom. The lowest BCUT2D eigenvalue weighted by atomic mass is 9.95. The Morgan fingerprint density at radius 2 is 2.00 bits per heavy atom. The van der Waals surface area contributed by atoms with Gasteiger partial charge in [-0.25, -0.2) is 4.98 Å². The highest BCUT2D eigenvalue weighted by Crippen LogP contribution is 2.32. The highest BCUT2D eigenvalue weighted by atomic mass is 15.3. The molecule has 2 heterocycles. The molecule has 0 bridgehead atoms. The van der Waals surface area contributed by atoms with Crippen molar-refractivity contribution in [1.29, 1.82) is 0 Å². The Morgan fingerprint density at radius 1 is 1.22 bits per heavy atom. The smallest absolute Gasteiger partial charge is 0.205 e. The molecule has 2 aliphatic rings. The molecule has 1 aromatic rings. The third-order valence-corrected chi connectivity index (χ3v) is 4.57. The highest BCUT2D eigenvalue weighted by molar-refractivity contribution is 5.35. The monoisotopic (exact) mass is 248 g/mol. The minimum absolute atomic E-state index is 0.293. The maximum absolute atomic E-state index is 6.12. The zero-order valence-electron chi connectivity index (χ0n) is 11.3. The van der Waals surface area contributed by atoms with Gasteiger partial charge in [0.15, 0.2) is 0 Å². The van der Waals surface area contributed by atoms with Crippen molar-refractivity contribution in [1.82, 2.24) is 9.55 Å². The summed E-state index contributed by atoms with van der Waals surface area (Å²) in [4.78, 5) is 6.94. The second-order valence-corrected chi connectivity index (χ2v) is 5.97. The first-order chi connectivity index (χ1) is 8.75. The Balaban J connectivity index is 1.78. The topological polar surface area (TPSA) is 47.1 Å². The van der Waals surface area contributed by atoms with Crippen molar-refractivity contribution in [3.8, 4) is 0 Å². The van der Waals surface area contributed by atoms with E-state index in [1.54, 1.807) is 0 Å². The molecule has 2 fully saturated rings. The van der Waals surface area contributed by atoms with Crippen molar-refractivity contribution < 1.29 is 0 Å². The molecule has 3 rings (SSSR count). The third-order valence-electron chi connectivity index (χ3n) is 4.57. The summed E-state index contributed by atoms with van der Waals surface area (Å²) in [5, 5.41) is 0. The van der Waals surface area contributed by atoms with Crippen LogP contribution >= 0.6 is 0 Å². The van der Waals surface area contributed by atoms with Gasteiger partial charge < -0.3 is 15.2 Å². The van der Waals surface area contributed by atoms with Crippen LogP contribution in [0.3, 0.4) is 0 Å². The largest absolute Gasteiger partial charge is 0.340 e. The summed E-state index contributed by atoms with van der Waals surface area (Å²) >= 11 is 0. The Bertz CT molecular complexity index is 384. The molecule has 1 aromatic heterocycles. The molecular weight excluding hydrogens is 224 g/mol. The molecule has 4 heteroatoms. The number of anilines is 1. The van der Waals surface area contributed by atoms with Gasteiger partial charge in [0.25, 0.3) is 0 Å². The molecule has 4 nitrogen and oxygen atoms in total. The minimum atomic E-state index is 0.293. The molecule has 0 radical (unpaired) electrons. The van der Waals surface area contributed by atoms with E-state index in [1.807, 2.05) is 6.20 Å². The lowest BCUT2D eigenvalue weighted by molar-refractivity contribution is 0.353. The van der Waals surface area contributed by atoms with Gasteiger partial charge in [-0.15, -0.1) is 0 Å². The minimum Gasteiger partial charge on any atom is -0.340 e. The van der Waals surface area contributed by atoms with Crippen molar-refractivity contribution in [3.63, 3.8) is 0 Å². The van der Waals surface area contributed by atoms with Crippen molar-refractivity contribution in [3.05, 3.63) is 12.4 Å². The Hall–Kier alpha value is -1.03. The van der Waals surface area contributed by atoms with Gasteiger partial charge in [-0.3, -0.25) is 0 Å². The molecule has 1 saturated heterocycles. The Kier molecular flexibility index (Phi) is 3.29. The van der Waals surface area contributed by atoms with Crippen LogP contribution in [-0.2, 0) is 0 Å². The zero-order chi connectivity index (χ0) is 12.5. The molecule has 0 spiro atoms. The molecule has 1 saturated carbocycles. The van der Waals surface area contributed by atoms with Gasteiger partial charge in [-0.05, 0) is 18.8 Å². The van der Waals surface area contributed by atoms with E-state index in [4.69, 9.17) is 5.73 Å². The fourth-order valence-corrected chi connectivity index (χ4v) is 3.35. The number of nitrogens with two attached hydrogens (primary N) is 1. The molecule has 1 aliphatic heterocycles. The van der Waals surface area contributed by atoms with Gasteiger partial charge in [0, 0.05) is 37.6 Å². The van der Waals surface area contributed by atoms with E-state index in [0.717, 1.165) is 19.0 Å². The zero-order valence-corrected chi connectivity index (χ0v) is 11.3. The van der Waals surface area contributed by atoms with Crippen LogP contribution in [0.1, 0.15) is 45.1 Å². The molecule has 100 valence electrons. The number of nitrogens with zero attached hydrogens (tertiary/aromatic N) is 3. The van der Waals surface area contributed by atoms with Gasteiger partial charge in [0.05, 0.1) is 0 Å². The van der Waals surface area contributed by atoms with Crippen LogP contribution in [0.4, 0.5) is 5.95 Å². The molecular formula is C14H24N4. The molecule has 2 unspecified atom stereocenters. The van der Waals surface area contributed by atoms with Crippen LogP contribution in [-0.4, -0.2) is 28.7 Å². The molecule has 2 N–H and O–H groups in total. The van der Waals surface area contributed by atoms with E-state index in [9.17, 15) is 0 Å². The normalized spacial score (nSPS) is 30.0. The summed E-state index contributed by atoms with van der Waals surface area (Å²) in [7, 11) is 0. The van der Waals surface area contributed by atoms with Gasteiger partial charge >= 0.3 is 0 Å². The fraction of sp³-hybridized carbons (Fsp3) is 0.786. The summed E-state index contributed by atoms with van der Waals surface area (Å²) in [5.41, 5.74) is 6.12. The van der Waals surface area contributed by atoms with Gasteiger partial charge in [0.2, 0.25) is 5.95 Å². The quantitative estimate of drug-likeness (QED) is 0.872. The fourth-order valence-electron chi connectivity index (χ4n) is 3.35. The number of rotatable bonds is 2. The van der Waals surface area contributed by atoms with Crippen LogP contribution in [0.5, 0.6) is 0 Å². The predicted octanol–water partition coefficient (Wildman–Crippen LogP) is 2.17. The van der Waals surface area contributed by atoms with Crippen molar-refractivity contribution >= 4 is 5.95 Å². The number of imidazole rings is 1. The average Bonchev–Trinajstić information content (AvgIpc) is 2.98. The van der Waals surface area contributed by atoms with E-state index < -0.39 is 0 Å². The molecule has 0 aromatic carbocycles. The standard InChI is InChI=1S/C14H24N4/c1-11-9-17(10-13(11)15)14-16-7-8-18(14)12-5-3-2-4-6-12/h7-8,11-13H,2-6,9-10,15H2,1H3. The lowest BCUT2D eigenvalue weighted by Gasteiger charge is -2.27. The first-order valence-corrected chi connectivity index (χ1v) is 7.29. The van der Waals surface area contributed by atoms with Crippen LogP contribution < -0.4 is 10.6 Å². The molecule has 1 aliphatic carbocycles. The molecule has 2 atom stereocenters. The van der Waals surface area contributed by atoms with Gasteiger partial charge in [-0.2, -0.15) is 0 Å². The predicted molar refractivity (Wildman–Crippen MR) is 73.7 cm³/mol. The number of hydrogen-bond acceptors (Lipinski definition) is 3. The Labute approximate surface area is 109 Å². The summed E-state index contributed by atoms with van der Waals surface area (Å²) in [6.45, 7) is 4.23. The van der Waals surface area contributed by atoms with Gasteiger partial charge in [0.1, 0.15) is 0 Å². The highest BCUT2D eigenvalue weighted by Gasteiger charge is 2.30. The van der Waals surface area contributed by atoms with Gasteiger partial charge in [-0.1, -0.05) is 26.2 Å². The SMILES string of the molecule is CC1CN(c2nccn2C2CCCCC2)CC1N. The maximum atomic E-state index is 6.12. The van der Waals surface area contributed by atoms with Crippen molar-refractivity contribution in [2.45, 2.75) is 51.1 Å². The third kappa shape index (κ3) is 2.14. The van der Waals surface area contributed by atoms with Crippen molar-refractivity contribution in [2.75, 3.05) is 18.0 Å². The molecule has 18 heavy (non-hydrogen) atoms. The maximum Gasteiger partial charge on any atom is 0.205 e. The molecule has 0 amide bonds. The number of hydrogen-bond donors (Lipinski definition) is 1. The van der Waals surface area contributed by atoms with E-state index in [1.165, 1.54) is 32.1 Å². The summed E-state index contributed by atoms with van der Waals surface area (Å²) in [6, 6.07) is 0.949. The lowest BCUT2D eigenvalue weighted by Crippen LogP contribution is -2.30. The summed E-state index contributed by atoms with van der Waals surface area (Å²) in [5.74, 6) is 1.71. The number of aromatic nitrogens is 2. The average molecular weight is 248 g/mol. The van der Waals surface area contributed by atoms with E-state index in [-0.39, 0.29) is 0 Å². The summed E-state index contributed by atoms with van der Waals surface area (Å²) < 4.78 is 2.39. The van der Waals surface area contributed by atoms with Crippen LogP contribution in [0.25, 0.3) is 0 Å². The van der Waals surface area contributed by atoms with E-state index in [0.29, 0.717) is 18.0 Å². The van der Waals surface area contributed by atoms with Crippen molar-refractivity contribution in [2.24, 2.45) is 11.7 Å². The van der Waals surface area contributed by atoms with E-state index >= 15 is 0 Å². The van der Waals surface area contributed by atoms with Crippen LogP contribution in [0.2, 0.25) is 0 Å². The second-order valence-electron chi connectivity index (χ2n) is 5.97. The van der Waals surface area contributed by atoms with E-state index in [2.05, 4.69) is 27.6 Å². The second kappa shape index (κ2) is 4.92. The first kappa shape index (κ1) is 12.0. The van der Waals surface area contributed by atoms with Crippen LogP contribution in [0.15, 0.2) is 12.4 Å². The first-order valence-electron chi connectivity index (χ1n) is 7.29. The van der Waals surface area contributed by atoms with Crippen LogP contribution in [0, 0.1) is 5.92 Å².